The molecule has 0 aliphatic carbocycles. The van der Waals surface area contributed by atoms with Gasteiger partial charge in [0.1, 0.15) is 11.8 Å². The minimum Gasteiger partial charge on any atom is -0.497 e. The lowest BCUT2D eigenvalue weighted by molar-refractivity contribution is -0.133. The largest absolute Gasteiger partial charge is 0.497 e. The minimum atomic E-state index is -3.66. The van der Waals surface area contributed by atoms with Gasteiger partial charge in [0.15, 0.2) is 0 Å². The molecule has 126 valence electrons. The first-order valence-electron chi connectivity index (χ1n) is 7.99. The molecule has 7 heteroatoms. The highest BCUT2D eigenvalue weighted by Gasteiger charge is 2.41. The molecule has 2 saturated heterocycles. The third kappa shape index (κ3) is 3.07. The molecule has 1 aromatic rings. The van der Waals surface area contributed by atoms with E-state index in [-0.39, 0.29) is 10.8 Å². The van der Waals surface area contributed by atoms with Gasteiger partial charge in [0.25, 0.3) is 0 Å². The van der Waals surface area contributed by atoms with E-state index in [1.54, 1.807) is 17.0 Å². The van der Waals surface area contributed by atoms with E-state index >= 15 is 0 Å². The minimum absolute atomic E-state index is 0.0444. The number of nitrogens with zero attached hydrogens (tertiary/aromatic N) is 2. The van der Waals surface area contributed by atoms with Gasteiger partial charge in [-0.2, -0.15) is 4.31 Å². The van der Waals surface area contributed by atoms with Crippen LogP contribution in [0.5, 0.6) is 5.75 Å². The van der Waals surface area contributed by atoms with Crippen LogP contribution in [-0.4, -0.2) is 56.3 Å². The Balaban J connectivity index is 1.83. The van der Waals surface area contributed by atoms with Crippen LogP contribution in [0.1, 0.15) is 25.7 Å². The number of carbonyl (C=O) groups excluding carboxylic acids is 1. The monoisotopic (exact) mass is 338 g/mol. The van der Waals surface area contributed by atoms with E-state index in [1.165, 1.54) is 23.5 Å². The second-order valence-corrected chi connectivity index (χ2v) is 7.87. The SMILES string of the molecule is COc1ccc(S(=O)(=O)N2CCCC2C(=O)N2CCCC2)cc1. The second kappa shape index (κ2) is 6.49. The first-order chi connectivity index (χ1) is 11.0. The van der Waals surface area contributed by atoms with Crippen molar-refractivity contribution in [1.82, 2.24) is 9.21 Å². The summed E-state index contributed by atoms with van der Waals surface area (Å²) in [4.78, 5) is 14.6. The molecule has 2 aliphatic rings. The first-order valence-corrected chi connectivity index (χ1v) is 9.43. The maximum absolute atomic E-state index is 12.9. The summed E-state index contributed by atoms with van der Waals surface area (Å²) in [7, 11) is -2.12. The summed E-state index contributed by atoms with van der Waals surface area (Å²) in [6.07, 6.45) is 3.33. The van der Waals surface area contributed by atoms with E-state index in [9.17, 15) is 13.2 Å². The molecule has 3 rings (SSSR count). The molecule has 1 amide bonds. The second-order valence-electron chi connectivity index (χ2n) is 5.98. The van der Waals surface area contributed by atoms with Gasteiger partial charge in [0, 0.05) is 19.6 Å². The fraction of sp³-hybridized carbons (Fsp3) is 0.562. The number of hydrogen-bond donors (Lipinski definition) is 0. The van der Waals surface area contributed by atoms with Crippen molar-refractivity contribution in [2.45, 2.75) is 36.6 Å². The first kappa shape index (κ1) is 16.3. The van der Waals surface area contributed by atoms with Crippen molar-refractivity contribution in [3.8, 4) is 5.75 Å². The van der Waals surface area contributed by atoms with E-state index in [1.807, 2.05) is 0 Å². The van der Waals surface area contributed by atoms with E-state index in [4.69, 9.17) is 4.74 Å². The van der Waals surface area contributed by atoms with Crippen LogP contribution in [0.3, 0.4) is 0 Å². The average molecular weight is 338 g/mol. The molecule has 2 heterocycles. The summed E-state index contributed by atoms with van der Waals surface area (Å²) in [5.41, 5.74) is 0. The Bertz CT molecular complexity index is 666. The zero-order chi connectivity index (χ0) is 16.4. The Labute approximate surface area is 137 Å². The van der Waals surface area contributed by atoms with Gasteiger partial charge in [0.2, 0.25) is 15.9 Å². The lowest BCUT2D eigenvalue weighted by atomic mass is 10.2. The fourth-order valence-electron chi connectivity index (χ4n) is 3.31. The summed E-state index contributed by atoms with van der Waals surface area (Å²) in [5.74, 6) is 0.562. The molecule has 0 aromatic heterocycles. The molecular formula is C16H22N2O4S. The topological polar surface area (TPSA) is 66.9 Å². The van der Waals surface area contributed by atoms with Crippen LogP contribution in [-0.2, 0) is 14.8 Å². The van der Waals surface area contributed by atoms with Gasteiger partial charge in [0.05, 0.1) is 12.0 Å². The maximum atomic E-state index is 12.9. The number of hydrogen-bond acceptors (Lipinski definition) is 4. The zero-order valence-electron chi connectivity index (χ0n) is 13.3. The van der Waals surface area contributed by atoms with E-state index in [0.717, 1.165) is 32.4 Å². The molecule has 1 atom stereocenters. The summed E-state index contributed by atoms with van der Waals surface area (Å²) in [6, 6.07) is 5.76. The summed E-state index contributed by atoms with van der Waals surface area (Å²) >= 11 is 0. The maximum Gasteiger partial charge on any atom is 0.243 e. The molecule has 1 unspecified atom stereocenters. The Hall–Kier alpha value is -1.60. The van der Waals surface area contributed by atoms with E-state index in [2.05, 4.69) is 0 Å². The van der Waals surface area contributed by atoms with Crippen LogP contribution in [0.25, 0.3) is 0 Å². The van der Waals surface area contributed by atoms with Gasteiger partial charge in [-0.3, -0.25) is 4.79 Å². The Kier molecular flexibility index (Phi) is 4.59. The summed E-state index contributed by atoms with van der Waals surface area (Å²) in [5, 5.41) is 0. The normalized spacial score (nSPS) is 22.5. The lowest BCUT2D eigenvalue weighted by Crippen LogP contribution is -2.46. The van der Waals surface area contributed by atoms with Crippen molar-refractivity contribution in [3.05, 3.63) is 24.3 Å². The van der Waals surface area contributed by atoms with Crippen LogP contribution in [0.2, 0.25) is 0 Å². The van der Waals surface area contributed by atoms with E-state index < -0.39 is 16.1 Å². The van der Waals surface area contributed by atoms with Crippen LogP contribution >= 0.6 is 0 Å². The molecule has 0 radical (unpaired) electrons. The number of likely N-dealkylation sites (tertiary alicyclic amines) is 1. The smallest absolute Gasteiger partial charge is 0.243 e. The summed E-state index contributed by atoms with van der Waals surface area (Å²) in [6.45, 7) is 1.89. The highest BCUT2D eigenvalue weighted by molar-refractivity contribution is 7.89. The molecule has 2 aliphatic heterocycles. The number of rotatable bonds is 4. The highest BCUT2D eigenvalue weighted by Crippen LogP contribution is 2.29. The van der Waals surface area contributed by atoms with Crippen molar-refractivity contribution < 1.29 is 17.9 Å². The third-order valence-electron chi connectivity index (χ3n) is 4.57. The van der Waals surface area contributed by atoms with Crippen molar-refractivity contribution >= 4 is 15.9 Å². The zero-order valence-corrected chi connectivity index (χ0v) is 14.1. The molecule has 0 bridgehead atoms. The predicted molar refractivity (Wildman–Crippen MR) is 85.7 cm³/mol. The third-order valence-corrected chi connectivity index (χ3v) is 6.49. The molecular weight excluding hydrogens is 316 g/mol. The number of sulfonamides is 1. The standard InChI is InChI=1S/C16H22N2O4S/c1-22-13-6-8-14(9-7-13)23(20,21)18-12-4-5-15(18)16(19)17-10-2-3-11-17/h6-9,15H,2-5,10-12H2,1H3. The van der Waals surface area contributed by atoms with Crippen LogP contribution in [0.4, 0.5) is 0 Å². The van der Waals surface area contributed by atoms with Gasteiger partial charge >= 0.3 is 0 Å². The summed E-state index contributed by atoms with van der Waals surface area (Å²) < 4.78 is 32.2. The van der Waals surface area contributed by atoms with E-state index in [0.29, 0.717) is 18.7 Å². The fourth-order valence-corrected chi connectivity index (χ4v) is 4.96. The number of amides is 1. The average Bonchev–Trinajstić information content (AvgIpc) is 3.25. The molecule has 23 heavy (non-hydrogen) atoms. The number of carbonyl (C=O) groups is 1. The predicted octanol–water partition coefficient (Wildman–Crippen LogP) is 1.47. The van der Waals surface area contributed by atoms with Crippen molar-refractivity contribution in [1.29, 1.82) is 0 Å². The van der Waals surface area contributed by atoms with Crippen molar-refractivity contribution in [3.63, 3.8) is 0 Å². The molecule has 0 N–H and O–H groups in total. The number of benzene rings is 1. The number of methoxy groups -OCH3 is 1. The quantitative estimate of drug-likeness (QED) is 0.834. The molecule has 2 fully saturated rings. The molecule has 1 aromatic carbocycles. The lowest BCUT2D eigenvalue weighted by Gasteiger charge is -2.27. The molecule has 6 nitrogen and oxygen atoms in total. The van der Waals surface area contributed by atoms with Gasteiger partial charge in [-0.05, 0) is 49.9 Å². The van der Waals surface area contributed by atoms with Crippen LogP contribution in [0.15, 0.2) is 29.2 Å². The van der Waals surface area contributed by atoms with Crippen molar-refractivity contribution in [2.75, 3.05) is 26.7 Å². The van der Waals surface area contributed by atoms with Gasteiger partial charge in [-0.15, -0.1) is 0 Å². The van der Waals surface area contributed by atoms with Gasteiger partial charge < -0.3 is 9.64 Å². The number of ether oxygens (including phenoxy) is 1. The van der Waals surface area contributed by atoms with Gasteiger partial charge in [-0.1, -0.05) is 0 Å². The molecule has 0 spiro atoms. The highest BCUT2D eigenvalue weighted by atomic mass is 32.2. The van der Waals surface area contributed by atoms with Gasteiger partial charge in [-0.25, -0.2) is 8.42 Å². The Morgan fingerprint density at radius 3 is 2.35 bits per heavy atom. The van der Waals surface area contributed by atoms with Crippen LogP contribution < -0.4 is 4.74 Å². The Morgan fingerprint density at radius 2 is 1.74 bits per heavy atom. The Morgan fingerprint density at radius 1 is 1.09 bits per heavy atom. The molecule has 0 saturated carbocycles. The van der Waals surface area contributed by atoms with Crippen LogP contribution in [0, 0.1) is 0 Å². The van der Waals surface area contributed by atoms with Crippen molar-refractivity contribution in [2.24, 2.45) is 0 Å².